The van der Waals surface area contributed by atoms with Crippen molar-refractivity contribution in [2.24, 2.45) is 0 Å². The normalized spacial score (nSPS) is 8.83. The largest absolute Gasteiger partial charge is 0.462 e. The molecule has 1 amide bonds. The van der Waals surface area contributed by atoms with E-state index in [9.17, 15) is 9.59 Å². The Morgan fingerprint density at radius 2 is 2.00 bits per heavy atom. The Kier molecular flexibility index (Phi) is 4.76. The first-order chi connectivity index (χ1) is 5.63. The van der Waals surface area contributed by atoms with Crippen LogP contribution in [0.5, 0.6) is 0 Å². The van der Waals surface area contributed by atoms with E-state index in [1.54, 1.807) is 13.8 Å². The minimum atomic E-state index is -0.663. The maximum Gasteiger partial charge on any atom is 0.343 e. The van der Waals surface area contributed by atoms with Gasteiger partial charge in [0.1, 0.15) is 5.57 Å². The summed E-state index contributed by atoms with van der Waals surface area (Å²) in [6.07, 6.45) is 0. The quantitative estimate of drug-likeness (QED) is 0.285. The minimum Gasteiger partial charge on any atom is -0.462 e. The van der Waals surface area contributed by atoms with Crippen LogP contribution in [0.25, 0.3) is 0 Å². The zero-order valence-corrected chi connectivity index (χ0v) is 7.35. The van der Waals surface area contributed by atoms with E-state index in [1.165, 1.54) is 0 Å². The molecule has 0 fully saturated rings. The second-order valence-electron chi connectivity index (χ2n) is 2.06. The molecule has 0 heterocycles. The highest BCUT2D eigenvalue weighted by molar-refractivity contribution is 6.15. The summed E-state index contributed by atoms with van der Waals surface area (Å²) in [6.45, 7) is 7.45. The van der Waals surface area contributed by atoms with Gasteiger partial charge in [0.25, 0.3) is 5.91 Å². The third-order valence-electron chi connectivity index (χ3n) is 1.13. The van der Waals surface area contributed by atoms with Gasteiger partial charge in [-0.3, -0.25) is 4.79 Å². The molecule has 4 heteroatoms. The average molecular weight is 171 g/mol. The molecule has 0 atom stereocenters. The van der Waals surface area contributed by atoms with Crippen LogP contribution in [0.15, 0.2) is 12.2 Å². The van der Waals surface area contributed by atoms with Crippen molar-refractivity contribution in [2.45, 2.75) is 13.8 Å². The second-order valence-corrected chi connectivity index (χ2v) is 2.06. The predicted octanol–water partition coefficient (Wildman–Crippen LogP) is 0.242. The summed E-state index contributed by atoms with van der Waals surface area (Å²) in [5.74, 6) is -1.14. The van der Waals surface area contributed by atoms with E-state index in [4.69, 9.17) is 0 Å². The van der Waals surface area contributed by atoms with Crippen molar-refractivity contribution in [3.63, 3.8) is 0 Å². The van der Waals surface area contributed by atoms with Crippen LogP contribution in [-0.4, -0.2) is 25.0 Å². The summed E-state index contributed by atoms with van der Waals surface area (Å²) in [6, 6.07) is 0. The Labute approximate surface area is 71.6 Å². The van der Waals surface area contributed by atoms with Gasteiger partial charge in [-0.25, -0.2) is 4.79 Å². The predicted molar refractivity (Wildman–Crippen MR) is 44.5 cm³/mol. The molecule has 4 nitrogen and oxygen atoms in total. The molecule has 0 aliphatic carbocycles. The molecular formula is C8H13NO3. The third-order valence-corrected chi connectivity index (χ3v) is 1.13. The summed E-state index contributed by atoms with van der Waals surface area (Å²) in [7, 11) is 0. The number of carbonyl (C=O) groups excluding carboxylic acids is 2. The monoisotopic (exact) mass is 171 g/mol. The van der Waals surface area contributed by atoms with Gasteiger partial charge in [-0.15, -0.1) is 0 Å². The average Bonchev–Trinajstić information content (AvgIpc) is 2.04. The Morgan fingerprint density at radius 1 is 1.42 bits per heavy atom. The molecule has 0 rings (SSSR count). The maximum atomic E-state index is 10.9. The molecule has 0 spiro atoms. The van der Waals surface area contributed by atoms with Crippen molar-refractivity contribution in [1.82, 2.24) is 5.32 Å². The van der Waals surface area contributed by atoms with E-state index in [0.717, 1.165) is 0 Å². The molecule has 0 radical (unpaired) electrons. The fraction of sp³-hybridized carbons (Fsp3) is 0.500. The van der Waals surface area contributed by atoms with Crippen molar-refractivity contribution >= 4 is 11.9 Å². The van der Waals surface area contributed by atoms with Gasteiger partial charge in [-0.2, -0.15) is 0 Å². The lowest BCUT2D eigenvalue weighted by atomic mass is 10.3. The van der Waals surface area contributed by atoms with Crippen LogP contribution in [-0.2, 0) is 14.3 Å². The molecule has 0 aromatic heterocycles. The van der Waals surface area contributed by atoms with Crippen LogP contribution >= 0.6 is 0 Å². The lowest BCUT2D eigenvalue weighted by Gasteiger charge is -2.04. The number of ether oxygens (including phenoxy) is 1. The van der Waals surface area contributed by atoms with Gasteiger partial charge in [0.2, 0.25) is 0 Å². The fourth-order valence-electron chi connectivity index (χ4n) is 0.578. The van der Waals surface area contributed by atoms with Crippen LogP contribution < -0.4 is 5.32 Å². The minimum absolute atomic E-state index is 0.154. The fourth-order valence-corrected chi connectivity index (χ4v) is 0.578. The molecule has 0 aliphatic heterocycles. The highest BCUT2D eigenvalue weighted by Crippen LogP contribution is 1.93. The van der Waals surface area contributed by atoms with Crippen LogP contribution in [0.2, 0.25) is 0 Å². The van der Waals surface area contributed by atoms with Gasteiger partial charge >= 0.3 is 5.97 Å². The van der Waals surface area contributed by atoms with Gasteiger partial charge in [-0.05, 0) is 13.8 Å². The summed E-state index contributed by atoms with van der Waals surface area (Å²) in [5, 5.41) is 2.45. The number of amides is 1. The van der Waals surface area contributed by atoms with Gasteiger partial charge < -0.3 is 10.1 Å². The number of likely N-dealkylation sites (N-methyl/N-ethyl adjacent to an activating group) is 1. The first-order valence-corrected chi connectivity index (χ1v) is 3.77. The van der Waals surface area contributed by atoms with Gasteiger partial charge in [0.05, 0.1) is 6.61 Å². The Morgan fingerprint density at radius 3 is 2.42 bits per heavy atom. The zero-order chi connectivity index (χ0) is 9.56. The molecule has 0 unspecified atom stereocenters. The smallest absolute Gasteiger partial charge is 0.343 e. The van der Waals surface area contributed by atoms with Crippen LogP contribution in [0, 0.1) is 0 Å². The van der Waals surface area contributed by atoms with Crippen molar-refractivity contribution in [2.75, 3.05) is 13.2 Å². The van der Waals surface area contributed by atoms with Crippen molar-refractivity contribution in [3.05, 3.63) is 12.2 Å². The zero-order valence-electron chi connectivity index (χ0n) is 7.35. The number of esters is 1. The number of carbonyl (C=O) groups is 2. The van der Waals surface area contributed by atoms with Gasteiger partial charge in [0.15, 0.2) is 0 Å². The highest BCUT2D eigenvalue weighted by Gasteiger charge is 2.15. The molecule has 68 valence electrons. The van der Waals surface area contributed by atoms with E-state index in [-0.39, 0.29) is 12.2 Å². The lowest BCUT2D eigenvalue weighted by Crippen LogP contribution is -2.28. The first-order valence-electron chi connectivity index (χ1n) is 3.77. The van der Waals surface area contributed by atoms with E-state index < -0.39 is 11.9 Å². The first kappa shape index (κ1) is 10.7. The molecule has 0 saturated carbocycles. The van der Waals surface area contributed by atoms with Crippen molar-refractivity contribution in [3.8, 4) is 0 Å². The van der Waals surface area contributed by atoms with Gasteiger partial charge in [-0.1, -0.05) is 6.58 Å². The Hall–Kier alpha value is -1.32. The number of nitrogens with one attached hydrogen (secondary N) is 1. The molecule has 0 aromatic carbocycles. The molecule has 1 N–H and O–H groups in total. The molecule has 0 aliphatic rings. The molecule has 0 bridgehead atoms. The second kappa shape index (κ2) is 5.35. The maximum absolute atomic E-state index is 10.9. The molecule has 0 aromatic rings. The van der Waals surface area contributed by atoms with Crippen molar-refractivity contribution < 1.29 is 14.3 Å². The van der Waals surface area contributed by atoms with Crippen LogP contribution in [0.1, 0.15) is 13.8 Å². The summed E-state index contributed by atoms with van der Waals surface area (Å²) < 4.78 is 4.57. The van der Waals surface area contributed by atoms with E-state index in [2.05, 4.69) is 16.6 Å². The van der Waals surface area contributed by atoms with E-state index in [1.807, 2.05) is 0 Å². The van der Waals surface area contributed by atoms with Crippen LogP contribution in [0.4, 0.5) is 0 Å². The van der Waals surface area contributed by atoms with E-state index in [0.29, 0.717) is 6.54 Å². The van der Waals surface area contributed by atoms with Gasteiger partial charge in [0, 0.05) is 6.54 Å². The van der Waals surface area contributed by atoms with E-state index >= 15 is 0 Å². The lowest BCUT2D eigenvalue weighted by molar-refractivity contribution is -0.140. The summed E-state index contributed by atoms with van der Waals surface area (Å²) in [4.78, 5) is 21.8. The number of rotatable bonds is 4. The SMILES string of the molecule is C=C(C(=O)NCC)C(=O)OCC. The summed E-state index contributed by atoms with van der Waals surface area (Å²) >= 11 is 0. The molecule has 12 heavy (non-hydrogen) atoms. The highest BCUT2D eigenvalue weighted by atomic mass is 16.5. The molecule has 0 saturated heterocycles. The summed E-state index contributed by atoms with van der Waals surface area (Å²) in [5.41, 5.74) is -0.154. The van der Waals surface area contributed by atoms with Crippen LogP contribution in [0.3, 0.4) is 0 Å². The number of hydrogen-bond acceptors (Lipinski definition) is 3. The standard InChI is InChI=1S/C8H13NO3/c1-4-9-7(10)6(3)8(11)12-5-2/h3-5H2,1-2H3,(H,9,10). The topological polar surface area (TPSA) is 55.4 Å². The Balaban J connectivity index is 4.01. The van der Waals surface area contributed by atoms with Crippen molar-refractivity contribution in [1.29, 1.82) is 0 Å². The number of hydrogen-bond donors (Lipinski definition) is 1. The Bertz CT molecular complexity index is 178. The third kappa shape index (κ3) is 3.18. The molecular weight excluding hydrogens is 158 g/mol.